The number of rotatable bonds is 17. The van der Waals surface area contributed by atoms with Gasteiger partial charge in [0, 0.05) is 37.4 Å². The number of hydrogen-bond acceptors (Lipinski definition) is 20. The van der Waals surface area contributed by atoms with Gasteiger partial charge in [-0.15, -0.1) is 4.67 Å². The number of carbonyl (C=O) groups is 7. The molecule has 466 valence electrons. The summed E-state index contributed by atoms with van der Waals surface area (Å²) in [5, 5.41) is 110. The highest BCUT2D eigenvalue weighted by Gasteiger charge is 2.50. The molecule has 3 fully saturated rings. The number of nitrogens with zero attached hydrogens (tertiary/aromatic N) is 2. The van der Waals surface area contributed by atoms with E-state index in [2.05, 4.69) is 38.2 Å². The van der Waals surface area contributed by atoms with E-state index in [1.54, 1.807) is 12.1 Å². The van der Waals surface area contributed by atoms with E-state index in [-0.39, 0.29) is 16.9 Å². The standard InChI is InChI=1S/C58H74N7O20P/c1-5-6-7-24-83-39-20-16-35(17-21-39)33-10-8-32(9-11-33)34-12-14-37(15-13-34)51(73)59-41-26-43(69)54(76)63-56(78)47-48(70)29(2)27-65(47)58(80)45(31(4)67)61-55(77)46(50(72)49(71)36-18-22-40(23-19-36)84-86(82)85-81)62-53(75)42-25-38(68)28-64(42)57(79)44(30(3)66)60-52(41)74/h8-23,29-31,38,41-50,54,66-72,76,81,86H,5-7,24-28H2,1-4H3,(H,59,73)(H,60,74)(H,61,77)(H,62,75)(H,63,78)/t29-,30+,31+,38+,41+,42-,43+,44-,45-,46-,47-,48-,49-,50-,54+/m0/s1. The maximum Gasteiger partial charge on any atom is 0.394 e. The van der Waals surface area contributed by atoms with E-state index in [1.165, 1.54) is 19.1 Å². The van der Waals surface area contributed by atoms with Crippen LogP contribution in [-0.2, 0) is 38.0 Å². The lowest BCUT2D eigenvalue weighted by atomic mass is 9.96. The summed E-state index contributed by atoms with van der Waals surface area (Å²) >= 11 is 0. The largest absolute Gasteiger partial charge is 0.494 e. The Morgan fingerprint density at radius 2 is 1.17 bits per heavy atom. The second-order valence-corrected chi connectivity index (χ2v) is 22.6. The highest BCUT2D eigenvalue weighted by Crippen LogP contribution is 2.32. The van der Waals surface area contributed by atoms with Gasteiger partial charge in [0.15, 0.2) is 6.23 Å². The number of carbonyl (C=O) groups excluding carboxylic acids is 7. The van der Waals surface area contributed by atoms with Crippen LogP contribution in [0.5, 0.6) is 11.5 Å². The minimum atomic E-state index is -3.40. The Kier molecular flexibility index (Phi) is 22.9. The first kappa shape index (κ1) is 66.1. The smallest absolute Gasteiger partial charge is 0.394 e. The zero-order valence-electron chi connectivity index (χ0n) is 47.5. The minimum Gasteiger partial charge on any atom is -0.494 e. The van der Waals surface area contributed by atoms with Crippen LogP contribution < -0.4 is 35.8 Å². The molecular weight excluding hydrogens is 1150 g/mol. The molecule has 7 amide bonds. The van der Waals surface area contributed by atoms with Crippen LogP contribution in [0.2, 0.25) is 0 Å². The molecule has 7 rings (SSSR count). The Labute approximate surface area is 495 Å². The lowest BCUT2D eigenvalue weighted by molar-refractivity contribution is -0.148. The maximum absolute atomic E-state index is 14.5. The average molecular weight is 1220 g/mol. The molecule has 3 heterocycles. The molecular formula is C58H74N7O20P. The zero-order chi connectivity index (χ0) is 62.7. The first-order valence-electron chi connectivity index (χ1n) is 28.1. The maximum atomic E-state index is 14.5. The molecule has 0 saturated carbocycles. The second kappa shape index (κ2) is 29.8. The fourth-order valence-electron chi connectivity index (χ4n) is 10.4. The van der Waals surface area contributed by atoms with Crippen molar-refractivity contribution in [1.82, 2.24) is 36.4 Å². The van der Waals surface area contributed by atoms with E-state index in [0.29, 0.717) is 12.2 Å². The van der Waals surface area contributed by atoms with Crippen molar-refractivity contribution in [2.75, 3.05) is 19.7 Å². The fourth-order valence-corrected chi connectivity index (χ4v) is 10.8. The Morgan fingerprint density at radius 1 is 0.651 bits per heavy atom. The van der Waals surface area contributed by atoms with E-state index < -0.39 is 167 Å². The Hall–Kier alpha value is -7.40. The lowest BCUT2D eigenvalue weighted by Crippen LogP contribution is -2.64. The summed E-state index contributed by atoms with van der Waals surface area (Å²) in [6.07, 6.45) is -14.0. The summed E-state index contributed by atoms with van der Waals surface area (Å²) in [5.74, 6) is -8.85. The molecule has 0 aromatic heterocycles. The highest BCUT2D eigenvalue weighted by molar-refractivity contribution is 7.33. The number of aliphatic hydroxyl groups excluding tert-OH is 8. The second-order valence-electron chi connectivity index (χ2n) is 21.7. The molecule has 0 spiro atoms. The Balaban J connectivity index is 1.18. The summed E-state index contributed by atoms with van der Waals surface area (Å²) in [6, 6.07) is 14.2. The van der Waals surface area contributed by atoms with Crippen molar-refractivity contribution in [3.8, 4) is 33.8 Å². The van der Waals surface area contributed by atoms with Crippen molar-refractivity contribution in [2.45, 2.75) is 145 Å². The molecule has 16 atom stereocenters. The SMILES string of the molecule is CCCCCOc1ccc(-c2ccc(-c3ccc(C(=O)N[C@@H]4C[C@@H](O)[C@@H](O)NC(=O)[C@@H]5[C@@H](O)[C@@H](C)CN5C(=O)[C@H]([C@@H](C)O)NC(=O)[C@H]([C@H](O)[C@@H](O)c5ccc(O[PH](=O)OO)cc5)NC(=O)[C@@H]5C[C@@H](O)CN5C(=O)[C@H]([C@@H](C)O)NC4=O)cc3)cc2)cc1. The van der Waals surface area contributed by atoms with Gasteiger partial charge in [-0.25, -0.2) is 9.82 Å². The summed E-state index contributed by atoms with van der Waals surface area (Å²) < 4.78 is 26.0. The number of fused-ring (bicyclic) bond motifs is 2. The van der Waals surface area contributed by atoms with Gasteiger partial charge in [-0.05, 0) is 84.5 Å². The number of benzene rings is 4. The van der Waals surface area contributed by atoms with Gasteiger partial charge in [-0.2, -0.15) is 0 Å². The fraction of sp³-hybridized carbons (Fsp3) is 0.466. The van der Waals surface area contributed by atoms with E-state index >= 15 is 0 Å². The topological polar surface area (TPSA) is 413 Å². The summed E-state index contributed by atoms with van der Waals surface area (Å²) in [4.78, 5) is 102. The molecule has 3 aliphatic rings. The highest BCUT2D eigenvalue weighted by atomic mass is 31.1. The van der Waals surface area contributed by atoms with Crippen molar-refractivity contribution in [3.05, 3.63) is 108 Å². The minimum absolute atomic E-state index is 0.00533. The Morgan fingerprint density at radius 3 is 1.73 bits per heavy atom. The van der Waals surface area contributed by atoms with Crippen molar-refractivity contribution in [1.29, 1.82) is 0 Å². The molecule has 0 aliphatic carbocycles. The molecule has 86 heavy (non-hydrogen) atoms. The van der Waals surface area contributed by atoms with Gasteiger partial charge < -0.3 is 86.5 Å². The van der Waals surface area contributed by atoms with Gasteiger partial charge in [-0.3, -0.25) is 33.6 Å². The first-order chi connectivity index (χ1) is 40.9. The summed E-state index contributed by atoms with van der Waals surface area (Å²) in [7, 11) is -3.40. The van der Waals surface area contributed by atoms with E-state index in [0.717, 1.165) is 89.6 Å². The molecule has 4 aromatic carbocycles. The third kappa shape index (κ3) is 16.2. The quantitative estimate of drug-likeness (QED) is 0.0277. The molecule has 0 bridgehead atoms. The van der Waals surface area contributed by atoms with Gasteiger partial charge in [-0.1, -0.05) is 87.4 Å². The van der Waals surface area contributed by atoms with Crippen LogP contribution in [0, 0.1) is 5.92 Å². The number of hydrogen-bond donors (Lipinski definition) is 14. The van der Waals surface area contributed by atoms with Crippen molar-refractivity contribution >= 4 is 49.6 Å². The van der Waals surface area contributed by atoms with Gasteiger partial charge >= 0.3 is 8.25 Å². The van der Waals surface area contributed by atoms with Crippen LogP contribution in [-0.4, -0.2) is 196 Å². The van der Waals surface area contributed by atoms with Gasteiger partial charge in [0.05, 0.1) is 31.0 Å². The number of unbranched alkanes of at least 4 members (excludes halogenated alkanes) is 2. The summed E-state index contributed by atoms with van der Waals surface area (Å²) in [5.41, 5.74) is 3.22. The number of aliphatic hydroxyl groups is 8. The van der Waals surface area contributed by atoms with E-state index in [4.69, 9.17) is 14.5 Å². The normalized spacial score (nSPS) is 27.2. The van der Waals surface area contributed by atoms with Crippen LogP contribution in [0.1, 0.15) is 81.8 Å². The van der Waals surface area contributed by atoms with E-state index in [1.807, 2.05) is 48.5 Å². The molecule has 28 heteroatoms. The third-order valence-corrected chi connectivity index (χ3v) is 15.9. The van der Waals surface area contributed by atoms with Gasteiger partial charge in [0.25, 0.3) is 5.91 Å². The predicted octanol–water partition coefficient (Wildman–Crippen LogP) is -0.375. The lowest BCUT2D eigenvalue weighted by Gasteiger charge is -2.34. The molecule has 1 unspecified atom stereocenters. The molecule has 4 aromatic rings. The van der Waals surface area contributed by atoms with Gasteiger partial charge in [0.2, 0.25) is 35.4 Å². The van der Waals surface area contributed by atoms with Crippen LogP contribution in [0.4, 0.5) is 0 Å². The molecule has 3 saturated heterocycles. The van der Waals surface area contributed by atoms with Gasteiger partial charge in [0.1, 0.15) is 66.1 Å². The number of ether oxygens (including phenoxy) is 1. The number of nitrogens with one attached hydrogen (secondary N) is 5. The van der Waals surface area contributed by atoms with Crippen molar-refractivity contribution in [3.63, 3.8) is 0 Å². The first-order valence-corrected chi connectivity index (χ1v) is 29.3. The molecule has 14 N–H and O–H groups in total. The zero-order valence-corrected chi connectivity index (χ0v) is 48.5. The summed E-state index contributed by atoms with van der Waals surface area (Å²) in [6.45, 7) is 5.33. The van der Waals surface area contributed by atoms with Crippen LogP contribution in [0.25, 0.3) is 22.3 Å². The molecule has 0 radical (unpaired) electrons. The molecule has 27 nitrogen and oxygen atoms in total. The van der Waals surface area contributed by atoms with Crippen LogP contribution >= 0.6 is 8.25 Å². The third-order valence-electron chi connectivity index (χ3n) is 15.3. The molecule has 3 aliphatic heterocycles. The average Bonchev–Trinajstić information content (AvgIpc) is 2.12. The van der Waals surface area contributed by atoms with E-state index in [9.17, 15) is 79.0 Å². The number of amides is 7. The van der Waals surface area contributed by atoms with Crippen molar-refractivity contribution in [2.24, 2.45) is 5.92 Å². The van der Waals surface area contributed by atoms with Crippen LogP contribution in [0.15, 0.2) is 97.1 Å². The van der Waals surface area contributed by atoms with Crippen LogP contribution in [0.3, 0.4) is 0 Å². The van der Waals surface area contributed by atoms with Crippen molar-refractivity contribution < 1.29 is 98.2 Å². The monoisotopic (exact) mass is 1220 g/mol. The Bertz CT molecular complexity index is 3030. The predicted molar refractivity (Wildman–Crippen MR) is 305 cm³/mol.